The summed E-state index contributed by atoms with van der Waals surface area (Å²) >= 11 is 4.12. The van der Waals surface area contributed by atoms with Gasteiger partial charge in [-0.2, -0.15) is 0 Å². The second kappa shape index (κ2) is 6.23. The summed E-state index contributed by atoms with van der Waals surface area (Å²) in [5.74, 6) is 0.955. The van der Waals surface area contributed by atoms with Crippen molar-refractivity contribution in [1.82, 2.24) is 9.88 Å². The van der Waals surface area contributed by atoms with Crippen LogP contribution in [0.5, 0.6) is 0 Å². The first kappa shape index (κ1) is 16.2. The lowest BCUT2D eigenvalue weighted by molar-refractivity contribution is -0.116. The van der Waals surface area contributed by atoms with E-state index in [-0.39, 0.29) is 11.0 Å². The number of thiol groups is 1. The van der Waals surface area contributed by atoms with E-state index in [2.05, 4.69) is 60.8 Å². The smallest absolute Gasteiger partial charge is 0.189 e. The molecule has 3 nitrogen and oxygen atoms in total. The fraction of sp³-hybridized carbons (Fsp3) is 0.550. The van der Waals surface area contributed by atoms with Crippen LogP contribution in [-0.4, -0.2) is 34.1 Å². The monoisotopic (exact) mass is 342 g/mol. The molecule has 1 aromatic carbocycles. The maximum atomic E-state index is 11.9. The predicted octanol–water partition coefficient (Wildman–Crippen LogP) is 4.00. The highest BCUT2D eigenvalue weighted by Crippen LogP contribution is 2.46. The summed E-state index contributed by atoms with van der Waals surface area (Å²) < 4.78 is 0. The number of likely N-dealkylation sites (tertiary alicyclic amines) is 1. The van der Waals surface area contributed by atoms with E-state index in [9.17, 15) is 4.79 Å². The molecule has 4 atom stereocenters. The van der Waals surface area contributed by atoms with Gasteiger partial charge in [0.05, 0.1) is 0 Å². The topological polar surface area (TPSA) is 36.1 Å². The molecule has 0 amide bonds. The summed E-state index contributed by atoms with van der Waals surface area (Å²) in [7, 11) is 0. The molecule has 0 radical (unpaired) electrons. The quantitative estimate of drug-likeness (QED) is 0.824. The first-order valence-corrected chi connectivity index (χ1v) is 9.60. The fourth-order valence-corrected chi connectivity index (χ4v) is 5.15. The van der Waals surface area contributed by atoms with Gasteiger partial charge >= 0.3 is 0 Å². The lowest BCUT2D eigenvalue weighted by atomic mass is 9.70. The predicted molar refractivity (Wildman–Crippen MR) is 102 cm³/mol. The zero-order chi connectivity index (χ0) is 16.8. The molecule has 1 N–H and O–H groups in total. The van der Waals surface area contributed by atoms with E-state index < -0.39 is 0 Å². The minimum Gasteiger partial charge on any atom is -0.361 e. The highest BCUT2D eigenvalue weighted by molar-refractivity contribution is 7.96. The molecule has 0 bridgehead atoms. The normalized spacial score (nSPS) is 27.9. The average molecular weight is 343 g/mol. The number of aromatic nitrogens is 1. The first-order chi connectivity index (χ1) is 11.6. The Kier molecular flexibility index (Phi) is 4.21. The lowest BCUT2D eigenvalue weighted by Crippen LogP contribution is -2.51. The van der Waals surface area contributed by atoms with Gasteiger partial charge in [-0.1, -0.05) is 26.0 Å². The Bertz CT molecular complexity index is 768. The van der Waals surface area contributed by atoms with Crippen molar-refractivity contribution in [2.45, 2.75) is 45.1 Å². The lowest BCUT2D eigenvalue weighted by Gasteiger charge is -2.48. The van der Waals surface area contributed by atoms with E-state index in [0.29, 0.717) is 17.9 Å². The third-order valence-corrected chi connectivity index (χ3v) is 6.62. The molecule has 2 heterocycles. The second-order valence-corrected chi connectivity index (χ2v) is 8.02. The van der Waals surface area contributed by atoms with Gasteiger partial charge in [-0.25, -0.2) is 0 Å². The molecular formula is C20H26N2OS. The average Bonchev–Trinajstić information content (AvgIpc) is 2.99. The summed E-state index contributed by atoms with van der Waals surface area (Å²) in [6.45, 7) is 6.44. The second-order valence-electron chi connectivity index (χ2n) is 7.58. The van der Waals surface area contributed by atoms with Crippen molar-refractivity contribution < 1.29 is 4.79 Å². The van der Waals surface area contributed by atoms with Crippen molar-refractivity contribution in [2.75, 3.05) is 13.1 Å². The van der Waals surface area contributed by atoms with E-state index in [1.54, 1.807) is 0 Å². The Labute approximate surface area is 149 Å². The van der Waals surface area contributed by atoms with Crippen LogP contribution < -0.4 is 0 Å². The van der Waals surface area contributed by atoms with Gasteiger partial charge in [-0.15, -0.1) is 12.6 Å². The van der Waals surface area contributed by atoms with Crippen molar-refractivity contribution in [2.24, 2.45) is 11.8 Å². The molecule has 4 rings (SSSR count). The molecule has 128 valence electrons. The highest BCUT2D eigenvalue weighted by Gasteiger charge is 2.42. The SMILES string of the molecule is CCCN1C[C@H](C(C)C(=O)S)C[C@@H]2c3cccc4[nH]cc(c34)C[C@H]21. The van der Waals surface area contributed by atoms with Crippen LogP contribution in [0, 0.1) is 11.8 Å². The van der Waals surface area contributed by atoms with Crippen molar-refractivity contribution in [1.29, 1.82) is 0 Å². The summed E-state index contributed by atoms with van der Waals surface area (Å²) in [4.78, 5) is 17.9. The molecule has 1 unspecified atom stereocenters. The molecule has 24 heavy (non-hydrogen) atoms. The molecule has 2 aromatic rings. The summed E-state index contributed by atoms with van der Waals surface area (Å²) in [6, 6.07) is 7.21. The number of benzene rings is 1. The minimum absolute atomic E-state index is 0.0282. The molecule has 0 spiro atoms. The molecule has 1 aromatic heterocycles. The third kappa shape index (κ3) is 2.51. The number of rotatable bonds is 4. The summed E-state index contributed by atoms with van der Waals surface area (Å²) in [6.07, 6.45) is 5.57. The number of hydrogen-bond donors (Lipinski definition) is 2. The molecule has 0 saturated carbocycles. The van der Waals surface area contributed by atoms with Gasteiger partial charge in [0.1, 0.15) is 0 Å². The van der Waals surface area contributed by atoms with Gasteiger partial charge in [0.2, 0.25) is 0 Å². The summed E-state index contributed by atoms with van der Waals surface area (Å²) in [5.41, 5.74) is 4.19. The van der Waals surface area contributed by atoms with Crippen molar-refractivity contribution in [3.63, 3.8) is 0 Å². The van der Waals surface area contributed by atoms with Crippen LogP contribution in [-0.2, 0) is 11.2 Å². The number of fused-ring (bicyclic) bond motifs is 2. The van der Waals surface area contributed by atoms with Crippen molar-refractivity contribution in [3.05, 3.63) is 35.5 Å². The Morgan fingerprint density at radius 1 is 1.46 bits per heavy atom. The van der Waals surface area contributed by atoms with Gasteiger partial charge in [-0.05, 0) is 48.9 Å². The minimum atomic E-state index is 0.0282. The number of nitrogens with one attached hydrogen (secondary N) is 1. The number of aromatic amines is 1. The summed E-state index contributed by atoms with van der Waals surface area (Å²) in [5, 5.41) is 1.46. The molecule has 1 fully saturated rings. The first-order valence-electron chi connectivity index (χ1n) is 9.15. The van der Waals surface area contributed by atoms with Crippen LogP contribution >= 0.6 is 12.6 Å². The van der Waals surface area contributed by atoms with E-state index in [1.165, 1.54) is 22.0 Å². The Balaban J connectivity index is 1.76. The maximum absolute atomic E-state index is 11.9. The van der Waals surface area contributed by atoms with Crippen molar-refractivity contribution in [3.8, 4) is 0 Å². The Morgan fingerprint density at radius 3 is 3.04 bits per heavy atom. The van der Waals surface area contributed by atoms with Crippen LogP contribution in [0.3, 0.4) is 0 Å². The molecule has 1 saturated heterocycles. The van der Waals surface area contributed by atoms with Crippen LogP contribution in [0.15, 0.2) is 24.4 Å². The number of H-pyrrole nitrogens is 1. The fourth-order valence-electron chi connectivity index (χ4n) is 4.94. The zero-order valence-corrected chi connectivity index (χ0v) is 15.4. The van der Waals surface area contributed by atoms with Crippen LogP contribution in [0.2, 0.25) is 0 Å². The standard InChI is InChI=1S/C20H26N2OS/c1-3-7-22-11-14(12(2)20(23)24)8-16-15-5-4-6-17-19(15)13(10-21-17)9-18(16)22/h4-6,10,12,14,16,18,21H,3,7-9,11H2,1-2H3,(H,23,24)/t12?,14-,16-,18-/m1/s1. The van der Waals surface area contributed by atoms with E-state index in [1.807, 2.05) is 0 Å². The van der Waals surface area contributed by atoms with E-state index >= 15 is 0 Å². The van der Waals surface area contributed by atoms with Crippen LogP contribution in [0.25, 0.3) is 10.9 Å². The number of carbonyl (C=O) groups is 1. The van der Waals surface area contributed by atoms with Crippen LogP contribution in [0.4, 0.5) is 0 Å². The number of hydrogen-bond acceptors (Lipinski definition) is 2. The molecule has 1 aliphatic carbocycles. The zero-order valence-electron chi connectivity index (χ0n) is 14.5. The van der Waals surface area contributed by atoms with Gasteiger partial charge in [0.25, 0.3) is 0 Å². The number of carbonyl (C=O) groups excluding carboxylic acids is 1. The van der Waals surface area contributed by atoms with Crippen molar-refractivity contribution >= 4 is 28.6 Å². The number of nitrogens with zero attached hydrogens (tertiary/aromatic N) is 1. The number of piperidine rings is 1. The van der Waals surface area contributed by atoms with E-state index in [4.69, 9.17) is 0 Å². The highest BCUT2D eigenvalue weighted by atomic mass is 32.1. The molecule has 4 heteroatoms. The Morgan fingerprint density at radius 2 is 2.29 bits per heavy atom. The Hall–Kier alpha value is -1.26. The third-order valence-electron chi connectivity index (χ3n) is 6.21. The van der Waals surface area contributed by atoms with Crippen LogP contribution in [0.1, 0.15) is 43.7 Å². The van der Waals surface area contributed by atoms with Gasteiger partial charge in [0.15, 0.2) is 5.12 Å². The van der Waals surface area contributed by atoms with Gasteiger partial charge in [-0.3, -0.25) is 9.69 Å². The maximum Gasteiger partial charge on any atom is 0.189 e. The van der Waals surface area contributed by atoms with Gasteiger partial charge < -0.3 is 4.98 Å². The molecule has 2 aliphatic rings. The molecular weight excluding hydrogens is 316 g/mol. The van der Waals surface area contributed by atoms with E-state index in [0.717, 1.165) is 32.4 Å². The molecule has 1 aliphatic heterocycles. The largest absolute Gasteiger partial charge is 0.361 e. The van der Waals surface area contributed by atoms with Gasteiger partial charge in [0, 0.05) is 41.5 Å².